The van der Waals surface area contributed by atoms with E-state index in [9.17, 15) is 4.39 Å². The third-order valence-corrected chi connectivity index (χ3v) is 9.59. The number of hydrogen-bond acceptors (Lipinski definition) is 2. The zero-order chi connectivity index (χ0) is 31.4. The molecule has 2 aliphatic carbocycles. The van der Waals surface area contributed by atoms with Gasteiger partial charge in [-0.2, -0.15) is 4.39 Å². The molecular weight excluding hydrogens is 569 g/mol. The monoisotopic (exact) mass is 621 g/mol. The van der Waals surface area contributed by atoms with Crippen LogP contribution in [0.15, 0.2) is 18.2 Å². The molecule has 2 aliphatic rings. The van der Waals surface area contributed by atoms with Crippen molar-refractivity contribution in [3.63, 3.8) is 0 Å². The second kappa shape index (κ2) is 17.6. The minimum atomic E-state index is -3.47. The van der Waals surface area contributed by atoms with Crippen molar-refractivity contribution in [3.8, 4) is 11.3 Å². The zero-order valence-corrected chi connectivity index (χ0v) is 26.7. The van der Waals surface area contributed by atoms with E-state index in [1.54, 1.807) is 6.07 Å². The molecule has 0 radical (unpaired) electrons. The quantitative estimate of drug-likeness (QED) is 0.0786. The molecule has 7 heteroatoms. The first-order chi connectivity index (χ1) is 21.3. The van der Waals surface area contributed by atoms with Gasteiger partial charge in [0, 0.05) is 30.3 Å². The van der Waals surface area contributed by atoms with Gasteiger partial charge in [-0.1, -0.05) is 96.5 Å². The summed E-state index contributed by atoms with van der Waals surface area (Å²) in [5, 5.41) is 0. The molecule has 0 aliphatic heterocycles. The number of halogens is 5. The summed E-state index contributed by atoms with van der Waals surface area (Å²) in [7, 11) is 0. The standard InChI is InChI=1S/C37H52F5NO/c1-2-3-13-24-44-25-14-9-12-17-30-22-20-29-26-31(34(38)35(39)33(29)37(30,41)42)32-23-21-28(36(40)43-32)16-11-8-6-4-5-7-10-15-27-18-19-27/h21,23,26-27,30H,2-20,22,24-25H2,1H3. The maximum atomic E-state index is 15.5. The molecule has 4 rings (SSSR count). The highest BCUT2D eigenvalue weighted by atomic mass is 19.3. The topological polar surface area (TPSA) is 22.1 Å². The van der Waals surface area contributed by atoms with Crippen molar-refractivity contribution in [2.75, 3.05) is 13.2 Å². The van der Waals surface area contributed by atoms with Gasteiger partial charge in [0.25, 0.3) is 5.92 Å². The van der Waals surface area contributed by atoms with Crippen LogP contribution in [0.25, 0.3) is 11.3 Å². The molecule has 0 saturated heterocycles. The third-order valence-electron chi connectivity index (χ3n) is 9.59. The molecule has 246 valence electrons. The van der Waals surface area contributed by atoms with Crippen LogP contribution in [0.3, 0.4) is 0 Å². The van der Waals surface area contributed by atoms with Gasteiger partial charge in [0.05, 0.1) is 11.3 Å². The lowest BCUT2D eigenvalue weighted by atomic mass is 9.77. The van der Waals surface area contributed by atoms with Crippen molar-refractivity contribution in [1.82, 2.24) is 4.98 Å². The molecular formula is C37H52F5NO. The number of nitrogens with zero attached hydrogens (tertiary/aromatic N) is 1. The second-order valence-corrected chi connectivity index (χ2v) is 13.2. The smallest absolute Gasteiger partial charge is 0.279 e. The summed E-state index contributed by atoms with van der Waals surface area (Å²) in [5.74, 6) is -7.14. The van der Waals surface area contributed by atoms with Crippen molar-refractivity contribution in [3.05, 3.63) is 52.5 Å². The first-order valence-electron chi connectivity index (χ1n) is 17.5. The van der Waals surface area contributed by atoms with E-state index in [4.69, 9.17) is 4.74 Å². The Morgan fingerprint density at radius 2 is 1.43 bits per heavy atom. The van der Waals surface area contributed by atoms with Gasteiger partial charge < -0.3 is 4.74 Å². The maximum Gasteiger partial charge on any atom is 0.279 e. The Balaban J connectivity index is 1.26. The van der Waals surface area contributed by atoms with Crippen LogP contribution in [-0.4, -0.2) is 18.2 Å². The fraction of sp³-hybridized carbons (Fsp3) is 0.703. The number of benzene rings is 1. The van der Waals surface area contributed by atoms with Crippen LogP contribution < -0.4 is 0 Å². The summed E-state index contributed by atoms with van der Waals surface area (Å²) in [6, 6.07) is 4.28. The Hall–Kier alpha value is -2.02. The number of pyridine rings is 1. The Morgan fingerprint density at radius 3 is 2.14 bits per heavy atom. The van der Waals surface area contributed by atoms with E-state index in [2.05, 4.69) is 11.9 Å². The second-order valence-electron chi connectivity index (χ2n) is 13.2. The fourth-order valence-corrected chi connectivity index (χ4v) is 6.63. The third kappa shape index (κ3) is 9.99. The summed E-state index contributed by atoms with van der Waals surface area (Å²) in [4.78, 5) is 3.93. The molecule has 1 aromatic carbocycles. The van der Waals surface area contributed by atoms with Crippen molar-refractivity contribution < 1.29 is 26.7 Å². The molecule has 1 fully saturated rings. The van der Waals surface area contributed by atoms with Gasteiger partial charge in [-0.25, -0.2) is 22.5 Å². The largest absolute Gasteiger partial charge is 0.381 e. The highest BCUT2D eigenvalue weighted by Crippen LogP contribution is 2.49. The van der Waals surface area contributed by atoms with Crippen LogP contribution in [-0.2, 0) is 23.5 Å². The first-order valence-corrected chi connectivity index (χ1v) is 17.5. The molecule has 2 aromatic rings. The van der Waals surface area contributed by atoms with Crippen molar-refractivity contribution >= 4 is 0 Å². The minimum Gasteiger partial charge on any atom is -0.381 e. The Labute approximate surface area is 261 Å². The predicted molar refractivity (Wildman–Crippen MR) is 167 cm³/mol. The summed E-state index contributed by atoms with van der Waals surface area (Å²) in [6.07, 6.45) is 18.9. The van der Waals surface area contributed by atoms with Gasteiger partial charge in [-0.15, -0.1) is 0 Å². The fourth-order valence-electron chi connectivity index (χ4n) is 6.63. The molecule has 1 heterocycles. The molecule has 1 atom stereocenters. The molecule has 0 spiro atoms. The van der Waals surface area contributed by atoms with Gasteiger partial charge in [-0.3, -0.25) is 0 Å². The van der Waals surface area contributed by atoms with Crippen molar-refractivity contribution in [2.45, 2.75) is 141 Å². The zero-order valence-electron chi connectivity index (χ0n) is 26.7. The summed E-state index contributed by atoms with van der Waals surface area (Å²) in [5.41, 5.74) is -0.649. The van der Waals surface area contributed by atoms with Gasteiger partial charge in [0.1, 0.15) is 0 Å². The average molecular weight is 622 g/mol. The van der Waals surface area contributed by atoms with E-state index in [0.29, 0.717) is 25.0 Å². The number of hydrogen-bond donors (Lipinski definition) is 0. The van der Waals surface area contributed by atoms with E-state index in [1.807, 2.05) is 0 Å². The van der Waals surface area contributed by atoms with E-state index < -0.39 is 35.0 Å². The average Bonchev–Trinajstić information content (AvgIpc) is 3.83. The molecule has 0 bridgehead atoms. The molecule has 2 nitrogen and oxygen atoms in total. The lowest BCUT2D eigenvalue weighted by molar-refractivity contribution is -0.0823. The van der Waals surface area contributed by atoms with Crippen LogP contribution >= 0.6 is 0 Å². The van der Waals surface area contributed by atoms with Gasteiger partial charge >= 0.3 is 0 Å². The SMILES string of the molecule is CCCCCOCCCCCC1CCc2cc(-c3ccc(CCCCCCCCCC4CC4)c(F)n3)c(F)c(F)c2C1(F)F. The molecule has 44 heavy (non-hydrogen) atoms. The van der Waals surface area contributed by atoms with Crippen LogP contribution in [0.5, 0.6) is 0 Å². The van der Waals surface area contributed by atoms with E-state index in [-0.39, 0.29) is 36.1 Å². The normalized spacial score (nSPS) is 17.6. The summed E-state index contributed by atoms with van der Waals surface area (Å²) in [6.45, 7) is 3.48. The highest BCUT2D eigenvalue weighted by Gasteiger charge is 2.48. The van der Waals surface area contributed by atoms with Crippen LogP contribution in [0.2, 0.25) is 0 Å². The Kier molecular flexibility index (Phi) is 14.0. The number of alkyl halides is 2. The number of aryl methyl sites for hydroxylation is 2. The first kappa shape index (κ1) is 34.8. The van der Waals surface area contributed by atoms with Crippen LogP contribution in [0.1, 0.15) is 139 Å². The molecule has 1 unspecified atom stereocenters. The summed E-state index contributed by atoms with van der Waals surface area (Å²) >= 11 is 0. The van der Waals surface area contributed by atoms with Gasteiger partial charge in [-0.05, 0) is 68.6 Å². The number of ether oxygens (including phenoxy) is 1. The number of fused-ring (bicyclic) bond motifs is 1. The molecule has 1 saturated carbocycles. The molecule has 0 amide bonds. The lowest BCUT2D eigenvalue weighted by Gasteiger charge is -2.34. The van der Waals surface area contributed by atoms with Crippen LogP contribution in [0.4, 0.5) is 22.0 Å². The van der Waals surface area contributed by atoms with E-state index in [0.717, 1.165) is 63.9 Å². The minimum absolute atomic E-state index is 0.0704. The van der Waals surface area contributed by atoms with E-state index in [1.165, 1.54) is 57.1 Å². The van der Waals surface area contributed by atoms with Crippen LogP contribution in [0, 0.1) is 29.4 Å². The Morgan fingerprint density at radius 1 is 0.773 bits per heavy atom. The maximum absolute atomic E-state index is 15.5. The summed E-state index contributed by atoms with van der Waals surface area (Å²) < 4.78 is 81.9. The van der Waals surface area contributed by atoms with Gasteiger partial charge in [0.15, 0.2) is 11.6 Å². The molecule has 1 aromatic heterocycles. The number of aromatic nitrogens is 1. The Bertz CT molecular complexity index is 1170. The van der Waals surface area contributed by atoms with E-state index >= 15 is 17.6 Å². The predicted octanol–water partition coefficient (Wildman–Crippen LogP) is 11.7. The highest BCUT2D eigenvalue weighted by molar-refractivity contribution is 5.63. The van der Waals surface area contributed by atoms with Gasteiger partial charge in [0.2, 0.25) is 5.95 Å². The molecule has 0 N–H and O–H groups in total. The number of rotatable bonds is 21. The lowest BCUT2D eigenvalue weighted by Crippen LogP contribution is -2.33. The van der Waals surface area contributed by atoms with Crippen molar-refractivity contribution in [2.24, 2.45) is 11.8 Å². The number of unbranched alkanes of at least 4 members (excludes halogenated alkanes) is 10. The van der Waals surface area contributed by atoms with Crippen molar-refractivity contribution in [1.29, 1.82) is 0 Å².